The quantitative estimate of drug-likeness (QED) is 0.0328. The topological polar surface area (TPSA) is 329 Å². The number of nitrogens with one attached hydrogen (secondary N) is 6. The van der Waals surface area contributed by atoms with E-state index in [2.05, 4.69) is 44.6 Å². The molecule has 320 valence electrons. The van der Waals surface area contributed by atoms with E-state index in [4.69, 9.17) is 11.5 Å². The van der Waals surface area contributed by atoms with Gasteiger partial charge in [-0.15, -0.1) is 0 Å². The van der Waals surface area contributed by atoms with Crippen LogP contribution < -0.4 is 49.1 Å². The van der Waals surface area contributed by atoms with Gasteiger partial charge in [0.2, 0.25) is 41.4 Å². The minimum atomic E-state index is -1.57. The zero-order valence-corrected chi connectivity index (χ0v) is 33.4. The maximum atomic E-state index is 13.5. The molecule has 0 aromatic rings. The number of aliphatic hydroxyl groups is 2. The molecule has 0 aliphatic carbocycles. The molecule has 0 aliphatic heterocycles. The maximum Gasteiger partial charge on any atom is 0.245 e. The van der Waals surface area contributed by atoms with Crippen LogP contribution in [0, 0.1) is 0 Å². The molecule has 0 bridgehead atoms. The molecule has 0 aliphatic rings. The molecule has 0 saturated carbocycles. The minimum Gasteiger partial charge on any atom is -0.398 e. The lowest BCUT2D eigenvalue weighted by Gasteiger charge is -2.26. The van der Waals surface area contributed by atoms with Crippen molar-refractivity contribution in [1.82, 2.24) is 31.9 Å². The Hall–Kier alpha value is -4.62. The number of quaternary nitrogens is 1. The van der Waals surface area contributed by atoms with Crippen molar-refractivity contribution in [2.24, 2.45) is 11.5 Å². The first kappa shape index (κ1) is 51.4. The molecule has 0 saturated heterocycles. The van der Waals surface area contributed by atoms with E-state index in [0.29, 0.717) is 19.3 Å². The third-order valence-corrected chi connectivity index (χ3v) is 8.90. The summed E-state index contributed by atoms with van der Waals surface area (Å²) in [4.78, 5) is 101. The van der Waals surface area contributed by atoms with Gasteiger partial charge < -0.3 is 59.3 Å². The Morgan fingerprint density at radius 3 is 1.55 bits per heavy atom. The first-order valence-corrected chi connectivity index (χ1v) is 19.6. The average Bonchev–Trinajstić information content (AvgIpc) is 3.16. The number of unbranched alkanes of at least 4 members (excludes halogenated alkanes) is 9. The van der Waals surface area contributed by atoms with Crippen LogP contribution in [0.3, 0.4) is 0 Å². The van der Waals surface area contributed by atoms with Gasteiger partial charge in [-0.3, -0.25) is 38.4 Å². The van der Waals surface area contributed by atoms with Crippen molar-refractivity contribution >= 4 is 47.1 Å². The molecule has 15 N–H and O–H groups in total. The molecule has 19 heteroatoms. The SMILES string of the molecule is CCCCCCCCCCCC(=O)NCC(=O)N[C@@H](CO)C(=O)N[C@H](CCC(N)=O)C(=O)N[C@@H](C/C(N)=C/[NH3+])C(=O)N[C@@H](CO)C(=O)N[C@@H](CCCC)C(C)=O. The summed E-state index contributed by atoms with van der Waals surface area (Å²) in [7, 11) is 0. The highest BCUT2D eigenvalue weighted by molar-refractivity contribution is 5.97. The Labute approximate surface area is 329 Å². The lowest BCUT2D eigenvalue weighted by molar-refractivity contribution is -0.276. The lowest BCUT2D eigenvalue weighted by atomic mass is 10.1. The van der Waals surface area contributed by atoms with Gasteiger partial charge in [-0.2, -0.15) is 0 Å². The fourth-order valence-electron chi connectivity index (χ4n) is 5.46. The number of amides is 7. The highest BCUT2D eigenvalue weighted by atomic mass is 16.3. The van der Waals surface area contributed by atoms with Gasteiger partial charge in [-0.1, -0.05) is 78.1 Å². The molecule has 0 radical (unpaired) electrons. The third-order valence-electron chi connectivity index (χ3n) is 8.90. The number of primary amides is 1. The van der Waals surface area contributed by atoms with Crippen molar-refractivity contribution in [3.05, 3.63) is 11.9 Å². The standard InChI is InChI=1S/C37H67N9O10/c1-4-6-8-9-10-11-12-13-14-16-32(51)41-21-33(52)42-29(22-47)36(55)44-27(17-18-31(40)50)34(53)45-28(19-25(39)20-38)35(54)46-30(23-48)37(56)43-26(24(3)49)15-7-5-2/h20,26-30,47-48H,4-19,21-23,38-39H2,1-3H3,(H2,40,50)(H,41,51)(H,42,52)(H,43,56)(H,44,55)(H,45,53)(H,46,54)/p+1/b25-20-/t26-,27+,28-,29-,30-/m0/s1. The second kappa shape index (κ2) is 30.6. The molecule has 0 aromatic carbocycles. The van der Waals surface area contributed by atoms with Crippen LogP contribution in [-0.4, -0.2) is 107 Å². The molecular formula is C37H68N9O10+. The van der Waals surface area contributed by atoms with Crippen LogP contribution in [0.4, 0.5) is 0 Å². The van der Waals surface area contributed by atoms with Gasteiger partial charge in [0.1, 0.15) is 30.4 Å². The molecule has 0 fully saturated rings. The number of hydrogen-bond donors (Lipinski definition) is 11. The van der Waals surface area contributed by atoms with E-state index in [0.717, 1.165) is 25.7 Å². The number of hydrogen-bond acceptors (Lipinski definition) is 11. The van der Waals surface area contributed by atoms with E-state index in [-0.39, 0.29) is 43.1 Å². The maximum absolute atomic E-state index is 13.5. The molecule has 0 rings (SSSR count). The normalized spacial score (nSPS) is 13.9. The summed E-state index contributed by atoms with van der Waals surface area (Å²) in [5.41, 5.74) is 14.7. The van der Waals surface area contributed by atoms with Crippen molar-refractivity contribution < 1.29 is 54.3 Å². The van der Waals surface area contributed by atoms with Gasteiger partial charge in [0.05, 0.1) is 31.5 Å². The van der Waals surface area contributed by atoms with Crippen LogP contribution in [0.15, 0.2) is 11.9 Å². The van der Waals surface area contributed by atoms with Gasteiger partial charge in [0.15, 0.2) is 5.78 Å². The molecule has 19 nitrogen and oxygen atoms in total. The molecule has 0 heterocycles. The Bertz CT molecular complexity index is 1300. The number of ketones is 1. The summed E-state index contributed by atoms with van der Waals surface area (Å²) in [6.45, 7) is 3.17. The van der Waals surface area contributed by atoms with Crippen LogP contribution in [0.5, 0.6) is 0 Å². The van der Waals surface area contributed by atoms with Crippen LogP contribution in [-0.2, 0) is 38.4 Å². The molecular weight excluding hydrogens is 730 g/mol. The van der Waals surface area contributed by atoms with Gasteiger partial charge >= 0.3 is 0 Å². The van der Waals surface area contributed by atoms with Gasteiger partial charge in [-0.05, 0) is 26.2 Å². The van der Waals surface area contributed by atoms with Crippen molar-refractivity contribution in [3.63, 3.8) is 0 Å². The molecule has 0 spiro atoms. The molecule has 0 aromatic heterocycles. The van der Waals surface area contributed by atoms with Crippen LogP contribution in [0.25, 0.3) is 0 Å². The zero-order valence-electron chi connectivity index (χ0n) is 33.4. The summed E-state index contributed by atoms with van der Waals surface area (Å²) in [5.74, 6) is -6.09. The summed E-state index contributed by atoms with van der Waals surface area (Å²) in [6, 6.07) is -6.95. The number of carbonyl (C=O) groups is 8. The van der Waals surface area contributed by atoms with E-state index in [9.17, 15) is 48.6 Å². The number of Topliss-reactive ketones (excluding diaryl/α,β-unsaturated/α-hetero) is 1. The predicted molar refractivity (Wildman–Crippen MR) is 207 cm³/mol. The fraction of sp³-hybridized carbons (Fsp3) is 0.730. The monoisotopic (exact) mass is 799 g/mol. The Balaban J connectivity index is 5.52. The highest BCUT2D eigenvalue weighted by Crippen LogP contribution is 2.11. The molecule has 5 atom stereocenters. The summed E-state index contributed by atoms with van der Waals surface area (Å²) in [5, 5.41) is 34.1. The van der Waals surface area contributed by atoms with Crippen LogP contribution in [0.2, 0.25) is 0 Å². The van der Waals surface area contributed by atoms with Gasteiger partial charge in [0.25, 0.3) is 0 Å². The Morgan fingerprint density at radius 2 is 1.04 bits per heavy atom. The van der Waals surface area contributed by atoms with Gasteiger partial charge in [0, 0.05) is 19.3 Å². The summed E-state index contributed by atoms with van der Waals surface area (Å²) >= 11 is 0. The van der Waals surface area contributed by atoms with Crippen molar-refractivity contribution in [3.8, 4) is 0 Å². The molecule has 56 heavy (non-hydrogen) atoms. The minimum absolute atomic E-state index is 0.0488. The summed E-state index contributed by atoms with van der Waals surface area (Å²) < 4.78 is 0. The van der Waals surface area contributed by atoms with Crippen molar-refractivity contribution in [2.75, 3.05) is 19.8 Å². The van der Waals surface area contributed by atoms with E-state index in [1.807, 2.05) is 6.92 Å². The first-order chi connectivity index (χ1) is 26.6. The van der Waals surface area contributed by atoms with Crippen LogP contribution >= 0.6 is 0 Å². The van der Waals surface area contributed by atoms with E-state index >= 15 is 0 Å². The Kier molecular flexibility index (Phi) is 28.1. The smallest absolute Gasteiger partial charge is 0.245 e. The number of carbonyl (C=O) groups excluding carboxylic acids is 8. The van der Waals surface area contributed by atoms with Crippen molar-refractivity contribution in [2.45, 2.75) is 154 Å². The average molecular weight is 799 g/mol. The fourth-order valence-corrected chi connectivity index (χ4v) is 5.46. The first-order valence-electron chi connectivity index (χ1n) is 19.6. The lowest BCUT2D eigenvalue weighted by Crippen LogP contribution is -2.60. The van der Waals surface area contributed by atoms with Crippen LogP contribution in [0.1, 0.15) is 124 Å². The third kappa shape index (κ3) is 23.3. The predicted octanol–water partition coefficient (Wildman–Crippen LogP) is -2.09. The van der Waals surface area contributed by atoms with E-state index in [1.54, 1.807) is 0 Å². The van der Waals surface area contributed by atoms with Crippen molar-refractivity contribution in [1.29, 1.82) is 0 Å². The zero-order chi connectivity index (χ0) is 42.5. The molecule has 0 unspecified atom stereocenters. The summed E-state index contributed by atoms with van der Waals surface area (Å²) in [6.07, 6.45) is 11.9. The molecule has 7 amide bonds. The number of rotatable bonds is 32. The van der Waals surface area contributed by atoms with E-state index in [1.165, 1.54) is 45.2 Å². The van der Waals surface area contributed by atoms with E-state index < -0.39 is 85.4 Å². The highest BCUT2D eigenvalue weighted by Gasteiger charge is 2.32. The number of nitrogens with two attached hydrogens (primary N) is 2. The Morgan fingerprint density at radius 1 is 0.571 bits per heavy atom. The van der Waals surface area contributed by atoms with Gasteiger partial charge in [-0.25, -0.2) is 0 Å². The largest absolute Gasteiger partial charge is 0.398 e. The number of aliphatic hydroxyl groups excluding tert-OH is 2. The second-order valence-electron chi connectivity index (χ2n) is 13.8. The second-order valence-corrected chi connectivity index (χ2v) is 13.8.